The van der Waals surface area contributed by atoms with Crippen LogP contribution in [0.15, 0.2) is 24.3 Å². The smallest absolute Gasteiger partial charge is 0.239 e. The zero-order valence-electron chi connectivity index (χ0n) is 15.1. The van der Waals surface area contributed by atoms with Crippen LogP contribution in [0.4, 0.5) is 5.69 Å². The summed E-state index contributed by atoms with van der Waals surface area (Å²) in [6.45, 7) is 7.71. The van der Waals surface area contributed by atoms with Crippen molar-refractivity contribution in [1.29, 1.82) is 0 Å². The molecule has 1 aliphatic heterocycles. The van der Waals surface area contributed by atoms with Crippen molar-refractivity contribution in [2.45, 2.75) is 13.8 Å². The fourth-order valence-electron chi connectivity index (χ4n) is 2.44. The first kappa shape index (κ1) is 19.2. The number of ether oxygens (including phenoxy) is 2. The molecule has 1 aromatic carbocycles. The van der Waals surface area contributed by atoms with E-state index in [0.29, 0.717) is 18.0 Å². The molecule has 0 atom stereocenters. The van der Waals surface area contributed by atoms with Crippen LogP contribution in [-0.2, 0) is 14.3 Å². The average molecular weight is 349 g/mol. The number of nitrogens with zero attached hydrogens (tertiary/aromatic N) is 1. The maximum absolute atomic E-state index is 12.5. The van der Waals surface area contributed by atoms with E-state index < -0.39 is 5.41 Å². The number of carbonyl (C=O) groups excluding carboxylic acids is 2. The molecule has 25 heavy (non-hydrogen) atoms. The predicted octanol–water partition coefficient (Wildman–Crippen LogP) is 1.11. The molecule has 0 unspecified atom stereocenters. The molecule has 1 aromatic rings. The number of amides is 2. The Morgan fingerprint density at radius 1 is 1.16 bits per heavy atom. The van der Waals surface area contributed by atoms with Crippen LogP contribution in [0.3, 0.4) is 0 Å². The Morgan fingerprint density at radius 2 is 1.80 bits per heavy atom. The van der Waals surface area contributed by atoms with Gasteiger partial charge in [-0.15, -0.1) is 0 Å². The first-order valence-electron chi connectivity index (χ1n) is 8.47. The van der Waals surface area contributed by atoms with Gasteiger partial charge in [-0.05, 0) is 38.1 Å². The number of methoxy groups -OCH3 is 1. The number of carbonyl (C=O) groups is 2. The van der Waals surface area contributed by atoms with Crippen molar-refractivity contribution in [3.63, 3.8) is 0 Å². The van der Waals surface area contributed by atoms with Crippen LogP contribution in [-0.4, -0.2) is 63.2 Å². The van der Waals surface area contributed by atoms with Crippen LogP contribution in [0.1, 0.15) is 13.8 Å². The van der Waals surface area contributed by atoms with E-state index in [4.69, 9.17) is 9.47 Å². The highest BCUT2D eigenvalue weighted by Gasteiger charge is 2.35. The number of anilines is 1. The van der Waals surface area contributed by atoms with E-state index in [9.17, 15) is 9.59 Å². The van der Waals surface area contributed by atoms with Crippen molar-refractivity contribution in [3.8, 4) is 5.75 Å². The molecule has 1 aliphatic rings. The molecule has 2 rings (SSSR count). The molecule has 0 aromatic heterocycles. The summed E-state index contributed by atoms with van der Waals surface area (Å²) in [4.78, 5) is 27.1. The zero-order chi connectivity index (χ0) is 18.3. The van der Waals surface area contributed by atoms with Gasteiger partial charge in [-0.25, -0.2) is 0 Å². The van der Waals surface area contributed by atoms with Crippen molar-refractivity contribution < 1.29 is 19.1 Å². The van der Waals surface area contributed by atoms with Gasteiger partial charge < -0.3 is 20.1 Å². The molecule has 0 spiro atoms. The van der Waals surface area contributed by atoms with Crippen LogP contribution in [0.5, 0.6) is 5.75 Å². The summed E-state index contributed by atoms with van der Waals surface area (Å²) in [5.41, 5.74) is -0.537. The largest absolute Gasteiger partial charge is 0.497 e. The Balaban J connectivity index is 1.82. The lowest BCUT2D eigenvalue weighted by Crippen LogP contribution is -2.48. The van der Waals surface area contributed by atoms with E-state index in [1.807, 2.05) is 0 Å². The highest BCUT2D eigenvalue weighted by atomic mass is 16.5. The highest BCUT2D eigenvalue weighted by molar-refractivity contribution is 6.09. The number of benzene rings is 1. The van der Waals surface area contributed by atoms with Crippen LogP contribution in [0.2, 0.25) is 0 Å². The van der Waals surface area contributed by atoms with Crippen LogP contribution >= 0.6 is 0 Å². The molecule has 0 saturated carbocycles. The molecule has 2 N–H and O–H groups in total. The lowest BCUT2D eigenvalue weighted by atomic mass is 9.91. The molecule has 1 saturated heterocycles. The van der Waals surface area contributed by atoms with Crippen LogP contribution in [0, 0.1) is 5.41 Å². The number of morpholine rings is 1. The number of hydrogen-bond donors (Lipinski definition) is 2. The molecule has 138 valence electrons. The van der Waals surface area contributed by atoms with E-state index in [0.717, 1.165) is 32.8 Å². The quantitative estimate of drug-likeness (QED) is 0.721. The lowest BCUT2D eigenvalue weighted by Gasteiger charge is -2.27. The van der Waals surface area contributed by atoms with Gasteiger partial charge in [0.15, 0.2) is 0 Å². The molecular formula is C18H27N3O4. The van der Waals surface area contributed by atoms with Gasteiger partial charge in [-0.2, -0.15) is 0 Å². The van der Waals surface area contributed by atoms with Crippen molar-refractivity contribution in [1.82, 2.24) is 10.2 Å². The van der Waals surface area contributed by atoms with Gasteiger partial charge in [0.1, 0.15) is 11.2 Å². The summed E-state index contributed by atoms with van der Waals surface area (Å²) in [5.74, 6) is 0.0754. The second kappa shape index (κ2) is 8.82. The third-order valence-corrected chi connectivity index (χ3v) is 4.30. The Hall–Kier alpha value is -2.12. The van der Waals surface area contributed by atoms with Gasteiger partial charge in [-0.1, -0.05) is 0 Å². The third-order valence-electron chi connectivity index (χ3n) is 4.30. The summed E-state index contributed by atoms with van der Waals surface area (Å²) in [5, 5.41) is 5.62. The summed E-state index contributed by atoms with van der Waals surface area (Å²) in [6.07, 6.45) is 0. The molecule has 7 heteroatoms. The molecule has 2 amide bonds. The van der Waals surface area contributed by atoms with Crippen LogP contribution in [0.25, 0.3) is 0 Å². The van der Waals surface area contributed by atoms with E-state index in [-0.39, 0.29) is 11.8 Å². The Morgan fingerprint density at radius 3 is 2.40 bits per heavy atom. The van der Waals surface area contributed by atoms with Crippen molar-refractivity contribution in [2.24, 2.45) is 5.41 Å². The van der Waals surface area contributed by atoms with Crippen molar-refractivity contribution >= 4 is 17.5 Å². The standard InChI is InChI=1S/C18H27N3O4/c1-18(2,16(22)19-8-9-21-10-12-25-13-11-21)17(23)20-14-4-6-15(24-3)7-5-14/h4-7H,8-13H2,1-3H3,(H,19,22)(H,20,23). The Bertz CT molecular complexity index is 580. The molecule has 1 fully saturated rings. The van der Waals surface area contributed by atoms with Crippen molar-refractivity contribution in [2.75, 3.05) is 51.8 Å². The fourth-order valence-corrected chi connectivity index (χ4v) is 2.44. The summed E-state index contributed by atoms with van der Waals surface area (Å²) in [6, 6.07) is 6.99. The maximum Gasteiger partial charge on any atom is 0.239 e. The Labute approximate surface area is 148 Å². The van der Waals surface area contributed by atoms with E-state index in [1.54, 1.807) is 45.2 Å². The molecule has 1 heterocycles. The minimum Gasteiger partial charge on any atom is -0.497 e. The first-order chi connectivity index (χ1) is 11.9. The first-order valence-corrected chi connectivity index (χ1v) is 8.47. The second-order valence-corrected chi connectivity index (χ2v) is 6.52. The summed E-state index contributed by atoms with van der Waals surface area (Å²) < 4.78 is 10.4. The van der Waals surface area contributed by atoms with E-state index in [1.165, 1.54) is 0 Å². The van der Waals surface area contributed by atoms with E-state index in [2.05, 4.69) is 15.5 Å². The minimum atomic E-state index is -1.16. The number of hydrogen-bond acceptors (Lipinski definition) is 5. The van der Waals surface area contributed by atoms with Gasteiger partial charge in [0.2, 0.25) is 11.8 Å². The number of rotatable bonds is 7. The SMILES string of the molecule is COc1ccc(NC(=O)C(C)(C)C(=O)NCCN2CCOCC2)cc1. The fraction of sp³-hybridized carbons (Fsp3) is 0.556. The van der Waals surface area contributed by atoms with Gasteiger partial charge in [0, 0.05) is 31.9 Å². The third kappa shape index (κ3) is 5.44. The van der Waals surface area contributed by atoms with Gasteiger partial charge >= 0.3 is 0 Å². The number of nitrogens with one attached hydrogen (secondary N) is 2. The monoisotopic (exact) mass is 349 g/mol. The summed E-state index contributed by atoms with van der Waals surface area (Å²) in [7, 11) is 1.58. The lowest BCUT2D eigenvalue weighted by molar-refractivity contribution is -0.138. The van der Waals surface area contributed by atoms with Gasteiger partial charge in [-0.3, -0.25) is 14.5 Å². The summed E-state index contributed by atoms with van der Waals surface area (Å²) >= 11 is 0. The normalized spacial score (nSPS) is 15.5. The Kier molecular flexibility index (Phi) is 6.78. The van der Waals surface area contributed by atoms with E-state index >= 15 is 0 Å². The molecular weight excluding hydrogens is 322 g/mol. The zero-order valence-corrected chi connectivity index (χ0v) is 15.1. The topological polar surface area (TPSA) is 79.9 Å². The molecule has 7 nitrogen and oxygen atoms in total. The minimum absolute atomic E-state index is 0.285. The maximum atomic E-state index is 12.5. The van der Waals surface area contributed by atoms with Gasteiger partial charge in [0.25, 0.3) is 0 Å². The predicted molar refractivity (Wildman–Crippen MR) is 95.7 cm³/mol. The molecule has 0 aliphatic carbocycles. The van der Waals surface area contributed by atoms with Crippen molar-refractivity contribution in [3.05, 3.63) is 24.3 Å². The molecule has 0 radical (unpaired) electrons. The highest BCUT2D eigenvalue weighted by Crippen LogP contribution is 2.20. The van der Waals surface area contributed by atoms with Gasteiger partial charge in [0.05, 0.1) is 20.3 Å². The average Bonchev–Trinajstić information content (AvgIpc) is 2.63. The molecule has 0 bridgehead atoms. The van der Waals surface area contributed by atoms with Crippen LogP contribution < -0.4 is 15.4 Å². The second-order valence-electron chi connectivity index (χ2n) is 6.52.